The predicted molar refractivity (Wildman–Crippen MR) is 133 cm³/mol. The lowest BCUT2D eigenvalue weighted by atomic mass is 10.0. The van der Waals surface area contributed by atoms with Crippen molar-refractivity contribution in [3.63, 3.8) is 0 Å². The summed E-state index contributed by atoms with van der Waals surface area (Å²) in [5.74, 6) is 1.13. The molecule has 30 heavy (non-hydrogen) atoms. The predicted octanol–water partition coefficient (Wildman–Crippen LogP) is 7.09. The fraction of sp³-hybridized carbons (Fsp3) is 0.364. The molecular formula is C22H22Cl2N4S2. The Morgan fingerprint density at radius 3 is 2.60 bits per heavy atom. The average Bonchev–Trinajstić information content (AvgIpc) is 3.45. The van der Waals surface area contributed by atoms with Crippen LogP contribution in [0.2, 0.25) is 10.0 Å². The summed E-state index contributed by atoms with van der Waals surface area (Å²) >= 11 is 15.6. The van der Waals surface area contributed by atoms with Crippen LogP contribution in [0, 0.1) is 0 Å². The smallest absolute Gasteiger partial charge is 0.183 e. The van der Waals surface area contributed by atoms with Gasteiger partial charge >= 0.3 is 0 Å². The van der Waals surface area contributed by atoms with E-state index in [1.807, 2.05) is 23.9 Å². The first kappa shape index (κ1) is 20.4. The first-order valence-corrected chi connectivity index (χ1v) is 12.7. The van der Waals surface area contributed by atoms with Gasteiger partial charge in [-0.15, -0.1) is 0 Å². The summed E-state index contributed by atoms with van der Waals surface area (Å²) in [5.41, 5.74) is 3.48. The number of amidine groups is 1. The Kier molecular flexibility index (Phi) is 5.84. The topological polar surface area (TPSA) is 49.3 Å². The highest BCUT2D eigenvalue weighted by atomic mass is 35.5. The van der Waals surface area contributed by atoms with E-state index >= 15 is 0 Å². The highest BCUT2D eigenvalue weighted by Gasteiger charge is 2.38. The zero-order valence-electron chi connectivity index (χ0n) is 16.4. The van der Waals surface area contributed by atoms with E-state index in [0.29, 0.717) is 10.0 Å². The summed E-state index contributed by atoms with van der Waals surface area (Å²) < 4.78 is 1.04. The molecule has 8 heteroatoms. The van der Waals surface area contributed by atoms with Gasteiger partial charge in [-0.2, -0.15) is 0 Å². The SMILES string of the molecule is Clc1cc2nc(NCCc3ccc(NC4=NC5(CCCC5)CS4)cc3)sc2cc1Cl. The molecule has 2 N–H and O–H groups in total. The van der Waals surface area contributed by atoms with E-state index in [4.69, 9.17) is 28.2 Å². The number of benzene rings is 2. The zero-order valence-corrected chi connectivity index (χ0v) is 19.5. The molecule has 2 aromatic carbocycles. The summed E-state index contributed by atoms with van der Waals surface area (Å²) in [4.78, 5) is 9.57. The van der Waals surface area contributed by atoms with Crippen molar-refractivity contribution in [3.05, 3.63) is 52.0 Å². The van der Waals surface area contributed by atoms with Crippen LogP contribution < -0.4 is 10.6 Å². The van der Waals surface area contributed by atoms with Crippen molar-refractivity contribution < 1.29 is 0 Å². The van der Waals surface area contributed by atoms with Crippen molar-refractivity contribution in [1.82, 2.24) is 4.98 Å². The summed E-state index contributed by atoms with van der Waals surface area (Å²) in [5, 5.41) is 9.96. The second kappa shape index (κ2) is 8.58. The van der Waals surface area contributed by atoms with Gasteiger partial charge in [0.25, 0.3) is 0 Å². The van der Waals surface area contributed by atoms with Gasteiger partial charge in [0.2, 0.25) is 0 Å². The van der Waals surface area contributed by atoms with Crippen molar-refractivity contribution >= 4 is 72.5 Å². The molecule has 1 fully saturated rings. The maximum atomic E-state index is 6.09. The van der Waals surface area contributed by atoms with Crippen molar-refractivity contribution in [1.29, 1.82) is 0 Å². The van der Waals surface area contributed by atoms with E-state index in [0.717, 1.165) is 44.9 Å². The number of rotatable bonds is 5. The van der Waals surface area contributed by atoms with Gasteiger partial charge in [-0.3, -0.25) is 4.99 Å². The van der Waals surface area contributed by atoms with Gasteiger partial charge in [0.15, 0.2) is 10.3 Å². The summed E-state index contributed by atoms with van der Waals surface area (Å²) in [6, 6.07) is 12.3. The van der Waals surface area contributed by atoms with Crippen molar-refractivity contribution in [2.45, 2.75) is 37.6 Å². The molecule has 0 saturated heterocycles. The van der Waals surface area contributed by atoms with E-state index in [1.165, 1.54) is 31.2 Å². The van der Waals surface area contributed by atoms with Crippen LogP contribution in [0.5, 0.6) is 0 Å². The summed E-state index contributed by atoms with van der Waals surface area (Å²) in [6.45, 7) is 0.819. The van der Waals surface area contributed by atoms with E-state index in [1.54, 1.807) is 11.3 Å². The Balaban J connectivity index is 1.15. The van der Waals surface area contributed by atoms with Gasteiger partial charge in [0, 0.05) is 18.0 Å². The van der Waals surface area contributed by atoms with Crippen LogP contribution in [0.25, 0.3) is 10.2 Å². The largest absolute Gasteiger partial charge is 0.361 e. The second-order valence-corrected chi connectivity index (χ2v) is 10.7. The molecule has 0 atom stereocenters. The third kappa shape index (κ3) is 4.42. The standard InChI is InChI=1S/C22H22Cl2N4S2/c23-16-11-18-19(12-17(16)24)30-20(27-18)25-10-7-14-3-5-15(6-4-14)26-21-28-22(13-29-21)8-1-2-9-22/h3-6,11-12H,1-2,7-10,13H2,(H,25,27)(H,26,28). The number of aromatic nitrogens is 1. The number of hydrogen-bond donors (Lipinski definition) is 2. The minimum absolute atomic E-state index is 0.218. The summed E-state index contributed by atoms with van der Waals surface area (Å²) in [6.07, 6.45) is 6.05. The molecule has 2 aliphatic rings. The van der Waals surface area contributed by atoms with Crippen LogP contribution in [-0.2, 0) is 6.42 Å². The van der Waals surface area contributed by atoms with Gasteiger partial charge < -0.3 is 10.6 Å². The van der Waals surface area contributed by atoms with E-state index in [9.17, 15) is 0 Å². The van der Waals surface area contributed by atoms with Crippen LogP contribution in [-0.4, -0.2) is 28.0 Å². The normalized spacial score (nSPS) is 17.6. The quantitative estimate of drug-likeness (QED) is 0.412. The third-order valence-corrected chi connectivity index (χ3v) is 8.52. The van der Waals surface area contributed by atoms with Gasteiger partial charge in [0.05, 0.1) is 25.8 Å². The van der Waals surface area contributed by atoms with E-state index < -0.39 is 0 Å². The van der Waals surface area contributed by atoms with Crippen molar-refractivity contribution in [2.75, 3.05) is 22.9 Å². The minimum Gasteiger partial charge on any atom is -0.361 e. The molecule has 0 bridgehead atoms. The molecule has 1 aromatic heterocycles. The Bertz CT molecular complexity index is 1050. The lowest BCUT2D eigenvalue weighted by molar-refractivity contribution is 0.508. The fourth-order valence-corrected chi connectivity index (χ4v) is 6.53. The molecule has 1 aliphatic carbocycles. The minimum atomic E-state index is 0.218. The van der Waals surface area contributed by atoms with Gasteiger partial charge in [-0.1, -0.05) is 71.3 Å². The van der Waals surface area contributed by atoms with Crippen LogP contribution in [0.1, 0.15) is 31.2 Å². The maximum absolute atomic E-state index is 6.09. The van der Waals surface area contributed by atoms with Gasteiger partial charge in [0.1, 0.15) is 0 Å². The zero-order chi connectivity index (χ0) is 20.6. The maximum Gasteiger partial charge on any atom is 0.183 e. The second-order valence-electron chi connectivity index (χ2n) is 7.89. The number of nitrogens with zero attached hydrogens (tertiary/aromatic N) is 2. The molecule has 0 radical (unpaired) electrons. The molecular weight excluding hydrogens is 455 g/mol. The first-order valence-electron chi connectivity index (χ1n) is 10.2. The lowest BCUT2D eigenvalue weighted by Crippen LogP contribution is -2.21. The molecule has 0 unspecified atom stereocenters. The highest BCUT2D eigenvalue weighted by molar-refractivity contribution is 8.14. The first-order chi connectivity index (χ1) is 14.6. The molecule has 2 heterocycles. The number of nitrogens with one attached hydrogen (secondary N) is 2. The Labute approximate surface area is 194 Å². The Hall–Kier alpha value is -1.47. The molecule has 1 aliphatic heterocycles. The molecule has 4 nitrogen and oxygen atoms in total. The number of halogens is 2. The Morgan fingerprint density at radius 1 is 1.03 bits per heavy atom. The molecule has 3 aromatic rings. The highest BCUT2D eigenvalue weighted by Crippen LogP contribution is 2.41. The number of anilines is 2. The molecule has 1 spiro atoms. The van der Waals surface area contributed by atoms with Crippen LogP contribution in [0.3, 0.4) is 0 Å². The van der Waals surface area contributed by atoms with Crippen molar-refractivity contribution in [3.8, 4) is 0 Å². The molecule has 5 rings (SSSR count). The molecule has 0 amide bonds. The monoisotopic (exact) mass is 476 g/mol. The van der Waals surface area contributed by atoms with Gasteiger partial charge in [-0.05, 0) is 49.1 Å². The number of thioether (sulfide) groups is 1. The average molecular weight is 477 g/mol. The number of hydrogen-bond acceptors (Lipinski definition) is 6. The van der Waals surface area contributed by atoms with Crippen LogP contribution in [0.15, 0.2) is 41.4 Å². The van der Waals surface area contributed by atoms with Crippen LogP contribution in [0.4, 0.5) is 10.8 Å². The van der Waals surface area contributed by atoms with Gasteiger partial charge in [-0.25, -0.2) is 4.98 Å². The molecule has 156 valence electrons. The Morgan fingerprint density at radius 2 is 1.80 bits per heavy atom. The number of fused-ring (bicyclic) bond motifs is 1. The fourth-order valence-electron chi connectivity index (χ4n) is 4.03. The number of aliphatic imine (C=N–C) groups is 1. The summed E-state index contributed by atoms with van der Waals surface area (Å²) in [7, 11) is 0. The van der Waals surface area contributed by atoms with E-state index in [-0.39, 0.29) is 5.54 Å². The van der Waals surface area contributed by atoms with E-state index in [2.05, 4.69) is 39.9 Å². The lowest BCUT2D eigenvalue weighted by Gasteiger charge is -2.16. The third-order valence-electron chi connectivity index (χ3n) is 5.68. The van der Waals surface area contributed by atoms with Crippen molar-refractivity contribution in [2.24, 2.45) is 4.99 Å². The number of thiazole rings is 1. The molecule has 1 saturated carbocycles. The van der Waals surface area contributed by atoms with Crippen LogP contribution >= 0.6 is 46.3 Å².